The molecule has 3 aromatic rings. The Kier molecular flexibility index (Phi) is 9.49. The van der Waals surface area contributed by atoms with Gasteiger partial charge in [0.2, 0.25) is 17.9 Å². The largest absolute Gasteiger partial charge is 0.477 e. The van der Waals surface area contributed by atoms with Gasteiger partial charge in [0.1, 0.15) is 35.8 Å². The number of nitrogens with two attached hydrogens (primary N) is 2. The number of aryl methyl sites for hydroxylation is 1. The second-order valence-electron chi connectivity index (χ2n) is 9.61. The number of carbonyl (C=O) groups excluding carboxylic acids is 2. The standard InChI is InChI=1S/C25H31N11O5S2/c1-2-41-32-16(19-31-25(27)43-33-19)21(37)30-17-22(38)36-18(24(39)40)14(12-42-23(17)36)11-34-9-3-5-15-20(34)29-13-35(15)10-4-7-28-8-6-26/h3,5,9,13,17,23,28H,2,4,6-8,10-12,26H2,1H3,(H3-,27,30,31,33,37,39,40)/p+1. The average Bonchev–Trinajstić information content (AvgIpc) is 3.62. The number of hydrogen-bond acceptors (Lipinski definition) is 13. The van der Waals surface area contributed by atoms with E-state index in [0.717, 1.165) is 43.1 Å². The molecule has 0 aromatic carbocycles. The number of carboxylic acids is 1. The van der Waals surface area contributed by atoms with Crippen LogP contribution in [-0.2, 0) is 32.3 Å². The molecular weight excluding hydrogens is 598 g/mol. The van der Waals surface area contributed by atoms with Crippen molar-refractivity contribution in [1.82, 2.24) is 34.4 Å². The van der Waals surface area contributed by atoms with Crippen molar-refractivity contribution in [2.45, 2.75) is 37.8 Å². The molecule has 18 heteroatoms. The molecule has 7 N–H and O–H groups in total. The highest BCUT2D eigenvalue weighted by molar-refractivity contribution is 8.00. The van der Waals surface area contributed by atoms with Crippen molar-refractivity contribution < 1.29 is 28.9 Å². The van der Waals surface area contributed by atoms with Crippen molar-refractivity contribution in [3.63, 3.8) is 0 Å². The Hall–Kier alpha value is -4.13. The van der Waals surface area contributed by atoms with Gasteiger partial charge in [0.25, 0.3) is 11.8 Å². The third-order valence-corrected chi connectivity index (χ3v) is 8.66. The number of carbonyl (C=O) groups is 3. The minimum atomic E-state index is -1.22. The number of fused-ring (bicyclic) bond motifs is 2. The zero-order valence-corrected chi connectivity index (χ0v) is 24.9. The first-order valence-electron chi connectivity index (χ1n) is 13.6. The van der Waals surface area contributed by atoms with Crippen molar-refractivity contribution >= 4 is 63.1 Å². The maximum absolute atomic E-state index is 13.2. The van der Waals surface area contributed by atoms with Crippen LogP contribution in [0.25, 0.3) is 11.2 Å². The van der Waals surface area contributed by atoms with E-state index in [1.54, 1.807) is 13.3 Å². The first kappa shape index (κ1) is 30.3. The van der Waals surface area contributed by atoms with E-state index in [9.17, 15) is 19.5 Å². The topological polar surface area (TPSA) is 220 Å². The van der Waals surface area contributed by atoms with Crippen molar-refractivity contribution in [2.24, 2.45) is 10.9 Å². The average molecular weight is 631 g/mol. The van der Waals surface area contributed by atoms with Crippen molar-refractivity contribution in [3.05, 3.63) is 41.8 Å². The fourth-order valence-corrected chi connectivity index (χ4v) is 6.62. The number of carboxylic acid groups (broad SMARTS) is 1. The summed E-state index contributed by atoms with van der Waals surface area (Å²) in [6, 6.07) is 2.89. The Morgan fingerprint density at radius 2 is 2.19 bits per heavy atom. The summed E-state index contributed by atoms with van der Waals surface area (Å²) in [4.78, 5) is 53.6. The van der Waals surface area contributed by atoms with Crippen LogP contribution in [0, 0.1) is 0 Å². The molecule has 0 radical (unpaired) electrons. The summed E-state index contributed by atoms with van der Waals surface area (Å²) in [6.07, 6.45) is 4.51. The number of imidazole rings is 1. The van der Waals surface area contributed by atoms with Crippen LogP contribution in [0.3, 0.4) is 0 Å². The van der Waals surface area contributed by atoms with Crippen LogP contribution in [0.5, 0.6) is 0 Å². The molecule has 228 valence electrons. The molecule has 3 aromatic heterocycles. The highest BCUT2D eigenvalue weighted by atomic mass is 32.2. The number of β-lactam (4-membered cyclic amide) rings is 1. The van der Waals surface area contributed by atoms with Gasteiger partial charge in [0.15, 0.2) is 5.13 Å². The molecule has 16 nitrogen and oxygen atoms in total. The summed E-state index contributed by atoms with van der Waals surface area (Å²) in [5, 5.41) is 19.4. The number of anilines is 1. The Morgan fingerprint density at radius 3 is 2.91 bits per heavy atom. The number of oxime groups is 1. The normalized spacial score (nSPS) is 18.5. The number of nitrogens with one attached hydrogen (secondary N) is 2. The van der Waals surface area contributed by atoms with Gasteiger partial charge >= 0.3 is 11.6 Å². The number of pyridine rings is 1. The van der Waals surface area contributed by atoms with Crippen LogP contribution in [0.15, 0.2) is 41.1 Å². The number of hydrogen-bond donors (Lipinski definition) is 5. The lowest BCUT2D eigenvalue weighted by atomic mass is 10.0. The highest BCUT2D eigenvalue weighted by Gasteiger charge is 2.54. The lowest BCUT2D eigenvalue weighted by Gasteiger charge is -2.49. The molecule has 0 saturated carbocycles. The first-order valence-corrected chi connectivity index (χ1v) is 15.4. The molecule has 0 spiro atoms. The van der Waals surface area contributed by atoms with Crippen molar-refractivity contribution in [1.29, 1.82) is 0 Å². The summed E-state index contributed by atoms with van der Waals surface area (Å²) in [5.41, 5.74) is 13.0. The summed E-state index contributed by atoms with van der Waals surface area (Å²) >= 11 is 2.26. The van der Waals surface area contributed by atoms with E-state index < -0.39 is 29.2 Å². The van der Waals surface area contributed by atoms with E-state index in [0.29, 0.717) is 23.5 Å². The molecule has 2 aliphatic heterocycles. The minimum absolute atomic E-state index is 0.0290. The summed E-state index contributed by atoms with van der Waals surface area (Å²) in [5.74, 6) is -2.19. The number of thioether (sulfide) groups is 1. The van der Waals surface area contributed by atoms with Crippen molar-refractivity contribution in [2.75, 3.05) is 37.7 Å². The first-order chi connectivity index (χ1) is 20.8. The fraction of sp³-hybridized carbons (Fsp3) is 0.440. The molecule has 2 aliphatic rings. The maximum Gasteiger partial charge on any atom is 0.352 e. The zero-order valence-electron chi connectivity index (χ0n) is 23.3. The van der Waals surface area contributed by atoms with E-state index >= 15 is 0 Å². The smallest absolute Gasteiger partial charge is 0.352 e. The summed E-state index contributed by atoms with van der Waals surface area (Å²) in [6.45, 7) is 5.07. The zero-order chi connectivity index (χ0) is 30.5. The number of rotatable bonds is 14. The second-order valence-corrected chi connectivity index (χ2v) is 11.5. The Balaban J connectivity index is 1.32. The third-order valence-electron chi connectivity index (χ3n) is 6.77. The Bertz CT molecular complexity index is 1590. The highest BCUT2D eigenvalue weighted by Crippen LogP contribution is 2.40. The van der Waals surface area contributed by atoms with Gasteiger partial charge in [-0.25, -0.2) is 9.36 Å². The lowest BCUT2D eigenvalue weighted by molar-refractivity contribution is -0.664. The van der Waals surface area contributed by atoms with Crippen LogP contribution in [0.1, 0.15) is 19.2 Å². The molecule has 1 saturated heterocycles. The van der Waals surface area contributed by atoms with Crippen LogP contribution < -0.4 is 26.7 Å². The Labute approximate surface area is 254 Å². The van der Waals surface area contributed by atoms with Gasteiger partial charge in [-0.15, -0.1) is 11.8 Å². The predicted octanol–water partition coefficient (Wildman–Crippen LogP) is -1.12. The van der Waals surface area contributed by atoms with E-state index in [4.69, 9.17) is 16.3 Å². The molecule has 2 atom stereocenters. The summed E-state index contributed by atoms with van der Waals surface area (Å²) in [7, 11) is 0. The molecule has 1 fully saturated rings. The second kappa shape index (κ2) is 13.4. The van der Waals surface area contributed by atoms with Crippen LogP contribution >= 0.6 is 23.3 Å². The molecule has 5 heterocycles. The van der Waals surface area contributed by atoms with E-state index in [1.807, 2.05) is 22.9 Å². The maximum atomic E-state index is 13.2. The van der Waals surface area contributed by atoms with E-state index in [1.165, 1.54) is 16.7 Å². The van der Waals surface area contributed by atoms with E-state index in [2.05, 4.69) is 34.7 Å². The molecular formula is C25H32N11O5S2+. The SMILES string of the molecule is CCON=C(C(=O)NC1C(=O)N2C(C(=O)O)=C(C[n+]3cccc4c3ncn4CCCNCCN)CSC12)c1nsc(N)n1. The van der Waals surface area contributed by atoms with Gasteiger partial charge in [-0.3, -0.25) is 14.5 Å². The fourth-order valence-electron chi connectivity index (χ4n) is 4.85. The Morgan fingerprint density at radius 1 is 1.35 bits per heavy atom. The van der Waals surface area contributed by atoms with Gasteiger partial charge in [0.05, 0.1) is 6.20 Å². The van der Waals surface area contributed by atoms with Crippen LogP contribution in [0.2, 0.25) is 0 Å². The van der Waals surface area contributed by atoms with Gasteiger partial charge in [-0.1, -0.05) is 5.16 Å². The molecule has 2 amide bonds. The molecule has 5 rings (SSSR count). The van der Waals surface area contributed by atoms with Crippen LogP contribution in [-0.4, -0.2) is 95.8 Å². The number of aromatic nitrogens is 5. The van der Waals surface area contributed by atoms with E-state index in [-0.39, 0.29) is 35.5 Å². The third kappa shape index (κ3) is 6.31. The molecule has 43 heavy (non-hydrogen) atoms. The number of nitrogen functional groups attached to an aromatic ring is 1. The lowest BCUT2D eigenvalue weighted by Crippen LogP contribution is -2.71. The van der Waals surface area contributed by atoms with Crippen molar-refractivity contribution in [3.8, 4) is 0 Å². The number of amides is 2. The van der Waals surface area contributed by atoms with Gasteiger partial charge < -0.3 is 36.6 Å². The van der Waals surface area contributed by atoms with Crippen LogP contribution in [0.4, 0.5) is 5.13 Å². The predicted molar refractivity (Wildman–Crippen MR) is 159 cm³/mol. The molecule has 0 bridgehead atoms. The van der Waals surface area contributed by atoms with Gasteiger partial charge in [-0.2, -0.15) is 9.36 Å². The minimum Gasteiger partial charge on any atom is -0.477 e. The molecule has 2 unspecified atom stereocenters. The monoisotopic (exact) mass is 630 g/mol. The quantitative estimate of drug-likeness (QED) is 0.0470. The van der Waals surface area contributed by atoms with Gasteiger partial charge in [-0.05, 0) is 37.0 Å². The number of nitrogens with zero attached hydrogens (tertiary/aromatic N) is 7. The number of aliphatic carboxylic acids is 1. The summed E-state index contributed by atoms with van der Waals surface area (Å²) < 4.78 is 7.94. The molecule has 0 aliphatic carbocycles. The van der Waals surface area contributed by atoms with Gasteiger partial charge in [0, 0.05) is 42.5 Å².